The third kappa shape index (κ3) is 4.43. The van der Waals surface area contributed by atoms with Gasteiger partial charge >= 0.3 is 0 Å². The van der Waals surface area contributed by atoms with Crippen LogP contribution in [0.5, 0.6) is 0 Å². The topological polar surface area (TPSA) is 12.0 Å². The number of halogens is 2. The highest BCUT2D eigenvalue weighted by atomic mass is 79.9. The Balaban J connectivity index is 2.53. The summed E-state index contributed by atoms with van der Waals surface area (Å²) in [6.45, 7) is 5.47. The van der Waals surface area contributed by atoms with Crippen molar-refractivity contribution in [3.05, 3.63) is 27.7 Å². The Morgan fingerprint density at radius 1 is 1.47 bits per heavy atom. The summed E-state index contributed by atoms with van der Waals surface area (Å²) < 4.78 is 1.07. The summed E-state index contributed by atoms with van der Waals surface area (Å²) in [5.41, 5.74) is 1.07. The van der Waals surface area contributed by atoms with Crippen LogP contribution < -0.4 is 5.32 Å². The molecular weight excluding hydrogens is 273 g/mol. The van der Waals surface area contributed by atoms with Gasteiger partial charge in [0, 0.05) is 21.7 Å². The van der Waals surface area contributed by atoms with Crippen molar-refractivity contribution in [2.45, 2.75) is 26.7 Å². The molecule has 0 aromatic heterocycles. The van der Waals surface area contributed by atoms with Crippen molar-refractivity contribution < 1.29 is 0 Å². The Morgan fingerprint density at radius 2 is 2.20 bits per heavy atom. The van der Waals surface area contributed by atoms with Crippen molar-refractivity contribution >= 4 is 33.2 Å². The van der Waals surface area contributed by atoms with Crippen molar-refractivity contribution in [3.8, 4) is 0 Å². The van der Waals surface area contributed by atoms with E-state index in [1.807, 2.05) is 18.2 Å². The molecule has 3 heteroatoms. The first-order valence-corrected chi connectivity index (χ1v) is 6.49. The van der Waals surface area contributed by atoms with Gasteiger partial charge < -0.3 is 5.32 Å². The van der Waals surface area contributed by atoms with E-state index >= 15 is 0 Å². The van der Waals surface area contributed by atoms with Gasteiger partial charge in [-0.15, -0.1) is 0 Å². The minimum atomic E-state index is 0.695. The van der Waals surface area contributed by atoms with Crippen LogP contribution in [-0.4, -0.2) is 6.54 Å². The van der Waals surface area contributed by atoms with Crippen molar-refractivity contribution in [1.29, 1.82) is 0 Å². The van der Waals surface area contributed by atoms with Crippen molar-refractivity contribution in [1.82, 2.24) is 0 Å². The lowest BCUT2D eigenvalue weighted by atomic mass is 10.1. The van der Waals surface area contributed by atoms with Crippen LogP contribution in [-0.2, 0) is 0 Å². The second kappa shape index (κ2) is 6.39. The molecule has 0 aliphatic rings. The van der Waals surface area contributed by atoms with Crippen LogP contribution in [0.1, 0.15) is 26.7 Å². The molecule has 0 aliphatic heterocycles. The standard InChI is InChI=1S/C12H17BrClN/c1-3-4-9(2)8-15-12-7-10(14)5-6-11(12)13/h5-7,9,15H,3-4,8H2,1-2H3. The molecule has 1 aromatic rings. The predicted molar refractivity (Wildman–Crippen MR) is 71.7 cm³/mol. The van der Waals surface area contributed by atoms with Gasteiger partial charge in [-0.1, -0.05) is 31.9 Å². The average molecular weight is 291 g/mol. The lowest BCUT2D eigenvalue weighted by Gasteiger charge is -2.13. The summed E-state index contributed by atoms with van der Waals surface area (Å²) in [4.78, 5) is 0. The zero-order valence-electron chi connectivity index (χ0n) is 9.19. The zero-order chi connectivity index (χ0) is 11.3. The zero-order valence-corrected chi connectivity index (χ0v) is 11.5. The first kappa shape index (κ1) is 12.9. The smallest absolute Gasteiger partial charge is 0.0499 e. The number of hydrogen-bond donors (Lipinski definition) is 1. The molecule has 0 spiro atoms. The third-order valence-corrected chi connectivity index (χ3v) is 3.28. The Labute approximate surface area is 105 Å². The Bertz CT molecular complexity index is 314. The average Bonchev–Trinajstić information content (AvgIpc) is 2.20. The normalized spacial score (nSPS) is 12.5. The van der Waals surface area contributed by atoms with Crippen LogP contribution in [0.4, 0.5) is 5.69 Å². The van der Waals surface area contributed by atoms with E-state index in [0.717, 1.165) is 21.7 Å². The van der Waals surface area contributed by atoms with Gasteiger partial charge in [0.2, 0.25) is 0 Å². The van der Waals surface area contributed by atoms with Gasteiger partial charge in [0.05, 0.1) is 0 Å². The van der Waals surface area contributed by atoms with Gasteiger partial charge in [-0.25, -0.2) is 0 Å². The maximum atomic E-state index is 5.93. The highest BCUT2D eigenvalue weighted by Gasteiger charge is 2.03. The number of hydrogen-bond acceptors (Lipinski definition) is 1. The largest absolute Gasteiger partial charge is 0.384 e. The quantitative estimate of drug-likeness (QED) is 0.809. The molecule has 0 radical (unpaired) electrons. The Hall–Kier alpha value is -0.210. The molecule has 0 bridgehead atoms. The van der Waals surface area contributed by atoms with Gasteiger partial charge in [0.1, 0.15) is 0 Å². The molecule has 1 aromatic carbocycles. The molecule has 1 N–H and O–H groups in total. The maximum absolute atomic E-state index is 5.93. The lowest BCUT2D eigenvalue weighted by Crippen LogP contribution is -2.11. The minimum absolute atomic E-state index is 0.695. The van der Waals surface area contributed by atoms with E-state index in [2.05, 4.69) is 35.1 Å². The van der Waals surface area contributed by atoms with Gasteiger partial charge in [-0.05, 0) is 46.5 Å². The van der Waals surface area contributed by atoms with Gasteiger partial charge in [0.15, 0.2) is 0 Å². The van der Waals surface area contributed by atoms with Crippen LogP contribution in [0.25, 0.3) is 0 Å². The molecule has 0 heterocycles. The Kier molecular flexibility index (Phi) is 5.48. The fourth-order valence-corrected chi connectivity index (χ4v) is 2.07. The summed E-state index contributed by atoms with van der Waals surface area (Å²) in [7, 11) is 0. The molecule has 0 saturated heterocycles. The molecule has 1 atom stereocenters. The van der Waals surface area contributed by atoms with Crippen molar-refractivity contribution in [3.63, 3.8) is 0 Å². The molecule has 0 amide bonds. The first-order valence-electron chi connectivity index (χ1n) is 5.32. The maximum Gasteiger partial charge on any atom is 0.0499 e. The summed E-state index contributed by atoms with van der Waals surface area (Å²) in [6, 6.07) is 5.80. The number of benzene rings is 1. The summed E-state index contributed by atoms with van der Waals surface area (Å²) in [5, 5.41) is 4.17. The number of nitrogens with one attached hydrogen (secondary N) is 1. The molecule has 1 unspecified atom stereocenters. The van der Waals surface area contributed by atoms with Crippen LogP contribution in [0.3, 0.4) is 0 Å². The number of anilines is 1. The predicted octanol–water partition coefficient (Wildman–Crippen LogP) is 4.95. The monoisotopic (exact) mass is 289 g/mol. The molecule has 1 rings (SSSR count). The molecule has 1 nitrogen and oxygen atoms in total. The molecular formula is C12H17BrClN. The second-order valence-corrected chi connectivity index (χ2v) is 5.19. The SMILES string of the molecule is CCCC(C)CNc1cc(Cl)ccc1Br. The van der Waals surface area contributed by atoms with Gasteiger partial charge in [-0.3, -0.25) is 0 Å². The van der Waals surface area contributed by atoms with Gasteiger partial charge in [0.25, 0.3) is 0 Å². The number of rotatable bonds is 5. The summed E-state index contributed by atoms with van der Waals surface area (Å²) in [5.74, 6) is 0.695. The van der Waals surface area contributed by atoms with Crippen molar-refractivity contribution in [2.75, 3.05) is 11.9 Å². The summed E-state index contributed by atoms with van der Waals surface area (Å²) in [6.07, 6.45) is 2.49. The van der Waals surface area contributed by atoms with E-state index in [1.54, 1.807) is 0 Å². The fourth-order valence-electron chi connectivity index (χ4n) is 1.51. The van der Waals surface area contributed by atoms with E-state index in [0.29, 0.717) is 5.92 Å². The van der Waals surface area contributed by atoms with Crippen LogP contribution in [0, 0.1) is 5.92 Å². The third-order valence-electron chi connectivity index (χ3n) is 2.35. The highest BCUT2D eigenvalue weighted by Crippen LogP contribution is 2.26. The minimum Gasteiger partial charge on any atom is -0.384 e. The van der Waals surface area contributed by atoms with E-state index in [-0.39, 0.29) is 0 Å². The highest BCUT2D eigenvalue weighted by molar-refractivity contribution is 9.10. The van der Waals surface area contributed by atoms with Crippen LogP contribution >= 0.6 is 27.5 Å². The van der Waals surface area contributed by atoms with E-state index in [9.17, 15) is 0 Å². The summed E-state index contributed by atoms with van der Waals surface area (Å²) >= 11 is 9.43. The first-order chi connectivity index (χ1) is 7.13. The van der Waals surface area contributed by atoms with E-state index in [1.165, 1.54) is 12.8 Å². The lowest BCUT2D eigenvalue weighted by molar-refractivity contribution is 0.550. The molecule has 0 aliphatic carbocycles. The molecule has 84 valence electrons. The molecule has 15 heavy (non-hydrogen) atoms. The second-order valence-electron chi connectivity index (χ2n) is 3.90. The van der Waals surface area contributed by atoms with Gasteiger partial charge in [-0.2, -0.15) is 0 Å². The van der Waals surface area contributed by atoms with Crippen LogP contribution in [0.15, 0.2) is 22.7 Å². The van der Waals surface area contributed by atoms with E-state index < -0.39 is 0 Å². The fraction of sp³-hybridized carbons (Fsp3) is 0.500. The van der Waals surface area contributed by atoms with E-state index in [4.69, 9.17) is 11.6 Å². The molecule has 0 fully saturated rings. The molecule has 0 saturated carbocycles. The van der Waals surface area contributed by atoms with Crippen molar-refractivity contribution in [2.24, 2.45) is 5.92 Å². The van der Waals surface area contributed by atoms with Crippen LogP contribution in [0.2, 0.25) is 5.02 Å². The Morgan fingerprint density at radius 3 is 2.87 bits per heavy atom.